The van der Waals surface area contributed by atoms with Gasteiger partial charge in [-0.15, -0.1) is 22.7 Å². The Morgan fingerprint density at radius 1 is 0.378 bits per heavy atom. The van der Waals surface area contributed by atoms with Crippen LogP contribution in [0.5, 0.6) is 0 Å². The first-order valence-corrected chi connectivity index (χ1v) is 16.9. The summed E-state index contributed by atoms with van der Waals surface area (Å²) in [4.78, 5) is 0. The Hall–Kier alpha value is -5.22. The molecule has 0 saturated heterocycles. The average Bonchev–Trinajstić information content (AvgIpc) is 3.78. The maximum absolute atomic E-state index is 2.44. The Bertz CT molecular complexity index is 2770. The van der Waals surface area contributed by atoms with E-state index in [2.05, 4.69) is 156 Å². The highest BCUT2D eigenvalue weighted by Gasteiger charge is 2.18. The quantitative estimate of drug-likeness (QED) is 0.188. The summed E-state index contributed by atoms with van der Waals surface area (Å²) in [6.45, 7) is 0. The summed E-state index contributed by atoms with van der Waals surface area (Å²) >= 11 is 3.79. The van der Waals surface area contributed by atoms with Gasteiger partial charge in [0.2, 0.25) is 0 Å². The fourth-order valence-corrected chi connectivity index (χ4v) is 9.68. The van der Waals surface area contributed by atoms with E-state index < -0.39 is 0 Å². The van der Waals surface area contributed by atoms with Crippen molar-refractivity contribution in [3.05, 3.63) is 152 Å². The van der Waals surface area contributed by atoms with E-state index >= 15 is 0 Å². The lowest BCUT2D eigenvalue weighted by molar-refractivity contribution is 1.18. The largest absolute Gasteiger partial charge is 0.309 e. The molecule has 1 nitrogen and oxygen atoms in total. The van der Waals surface area contributed by atoms with E-state index in [9.17, 15) is 0 Å². The molecular formula is C42H25NS2. The Balaban J connectivity index is 1.15. The van der Waals surface area contributed by atoms with E-state index in [4.69, 9.17) is 0 Å². The van der Waals surface area contributed by atoms with Gasteiger partial charge in [-0.1, -0.05) is 109 Å². The van der Waals surface area contributed by atoms with Crippen molar-refractivity contribution in [2.45, 2.75) is 0 Å². The third-order valence-electron chi connectivity index (χ3n) is 9.20. The van der Waals surface area contributed by atoms with Gasteiger partial charge in [-0.3, -0.25) is 0 Å². The average molecular weight is 608 g/mol. The molecule has 3 heterocycles. The fourth-order valence-electron chi connectivity index (χ4n) is 7.18. The number of thiophene rings is 2. The number of aromatic nitrogens is 1. The van der Waals surface area contributed by atoms with E-state index in [1.54, 1.807) is 0 Å². The standard InChI is InChI=1S/C42H25NS2/c1-4-19-36-35(16-1)40-37(23-22-34-32-15-3-6-21-39(32)45-42(34)40)43(36)29-13-8-11-27(25-29)26-10-7-12-28(24-26)30-17-9-18-33-31-14-2-5-20-38(31)44-41(30)33/h1-25H. The molecule has 0 aliphatic heterocycles. The minimum atomic E-state index is 1.18. The van der Waals surface area contributed by atoms with Crippen LogP contribution in [0, 0.1) is 0 Å². The zero-order valence-corrected chi connectivity index (χ0v) is 25.8. The van der Waals surface area contributed by atoms with E-state index in [1.165, 1.54) is 90.1 Å². The molecule has 0 N–H and O–H groups in total. The van der Waals surface area contributed by atoms with Crippen LogP contribution in [0.25, 0.3) is 90.1 Å². The molecule has 10 aromatic rings. The van der Waals surface area contributed by atoms with Gasteiger partial charge in [0.05, 0.1) is 11.0 Å². The first-order valence-electron chi connectivity index (χ1n) is 15.3. The summed E-state index contributed by atoms with van der Waals surface area (Å²) in [5, 5.41) is 7.98. The lowest BCUT2D eigenvalue weighted by atomic mass is 9.97. The third-order valence-corrected chi connectivity index (χ3v) is 11.6. The highest BCUT2D eigenvalue weighted by atomic mass is 32.1. The van der Waals surface area contributed by atoms with Crippen molar-refractivity contribution in [1.29, 1.82) is 0 Å². The second-order valence-electron chi connectivity index (χ2n) is 11.7. The number of hydrogen-bond donors (Lipinski definition) is 0. The van der Waals surface area contributed by atoms with Crippen LogP contribution < -0.4 is 0 Å². The SMILES string of the molecule is c1cc(-c2cccc(-n3c4ccccc4c4c5sc6ccccc6c5ccc43)c2)cc(-c2cccc3c2sc2ccccc23)c1. The summed E-state index contributed by atoms with van der Waals surface area (Å²) in [6, 6.07) is 55.8. The van der Waals surface area contributed by atoms with Gasteiger partial charge < -0.3 is 4.57 Å². The van der Waals surface area contributed by atoms with Crippen LogP contribution in [0.2, 0.25) is 0 Å². The molecule has 0 bridgehead atoms. The predicted molar refractivity (Wildman–Crippen MR) is 197 cm³/mol. The maximum atomic E-state index is 2.44. The van der Waals surface area contributed by atoms with Gasteiger partial charge in [0.25, 0.3) is 0 Å². The summed E-state index contributed by atoms with van der Waals surface area (Å²) in [7, 11) is 0. The van der Waals surface area contributed by atoms with Crippen LogP contribution >= 0.6 is 22.7 Å². The Labute approximate surface area is 267 Å². The number of rotatable bonds is 3. The second-order valence-corrected chi connectivity index (χ2v) is 13.8. The van der Waals surface area contributed by atoms with E-state index in [0.717, 1.165) is 0 Å². The molecule has 0 radical (unpaired) electrons. The molecular weight excluding hydrogens is 583 g/mol. The highest BCUT2D eigenvalue weighted by Crippen LogP contribution is 2.44. The predicted octanol–water partition coefficient (Wildman–Crippen LogP) is 12.9. The van der Waals surface area contributed by atoms with Crippen LogP contribution in [-0.2, 0) is 0 Å². The van der Waals surface area contributed by atoms with Crippen molar-refractivity contribution in [3.8, 4) is 27.9 Å². The molecule has 210 valence electrons. The molecule has 0 spiro atoms. The zero-order valence-electron chi connectivity index (χ0n) is 24.2. The lowest BCUT2D eigenvalue weighted by Crippen LogP contribution is -1.94. The molecule has 0 aliphatic carbocycles. The number of benzene rings is 7. The Morgan fingerprint density at radius 2 is 0.978 bits per heavy atom. The van der Waals surface area contributed by atoms with Crippen molar-refractivity contribution >= 4 is 84.8 Å². The van der Waals surface area contributed by atoms with Crippen LogP contribution in [0.3, 0.4) is 0 Å². The Morgan fingerprint density at radius 3 is 1.80 bits per heavy atom. The van der Waals surface area contributed by atoms with Crippen LogP contribution in [-0.4, -0.2) is 4.57 Å². The molecule has 0 saturated carbocycles. The molecule has 0 atom stereocenters. The minimum Gasteiger partial charge on any atom is -0.309 e. The third kappa shape index (κ3) is 3.72. The first kappa shape index (κ1) is 25.1. The zero-order chi connectivity index (χ0) is 29.5. The van der Waals surface area contributed by atoms with Crippen LogP contribution in [0.15, 0.2) is 152 Å². The fraction of sp³-hybridized carbons (Fsp3) is 0. The van der Waals surface area contributed by atoms with E-state index in [0.29, 0.717) is 0 Å². The summed E-state index contributed by atoms with van der Waals surface area (Å²) < 4.78 is 7.83. The van der Waals surface area contributed by atoms with Gasteiger partial charge in [-0.25, -0.2) is 0 Å². The first-order chi connectivity index (χ1) is 22.3. The molecule has 3 heteroatoms. The van der Waals surface area contributed by atoms with E-state index in [1.807, 2.05) is 22.7 Å². The van der Waals surface area contributed by atoms with Gasteiger partial charge >= 0.3 is 0 Å². The van der Waals surface area contributed by atoms with Crippen molar-refractivity contribution in [3.63, 3.8) is 0 Å². The van der Waals surface area contributed by atoms with Gasteiger partial charge in [0.1, 0.15) is 0 Å². The molecule has 3 aromatic heterocycles. The van der Waals surface area contributed by atoms with E-state index in [-0.39, 0.29) is 0 Å². The van der Waals surface area contributed by atoms with Crippen LogP contribution in [0.1, 0.15) is 0 Å². The summed E-state index contributed by atoms with van der Waals surface area (Å²) in [5.74, 6) is 0. The number of para-hydroxylation sites is 1. The smallest absolute Gasteiger partial charge is 0.0555 e. The normalized spacial score (nSPS) is 12.0. The highest BCUT2D eigenvalue weighted by molar-refractivity contribution is 7.27. The van der Waals surface area contributed by atoms with Crippen molar-refractivity contribution in [1.82, 2.24) is 4.57 Å². The topological polar surface area (TPSA) is 4.93 Å². The van der Waals surface area contributed by atoms with Crippen molar-refractivity contribution in [2.24, 2.45) is 0 Å². The van der Waals surface area contributed by atoms with Crippen molar-refractivity contribution < 1.29 is 0 Å². The Kier molecular flexibility index (Phi) is 5.39. The molecule has 7 aromatic carbocycles. The molecule has 10 rings (SSSR count). The molecule has 0 unspecified atom stereocenters. The molecule has 0 aliphatic rings. The minimum absolute atomic E-state index is 1.18. The molecule has 0 amide bonds. The lowest BCUT2D eigenvalue weighted by Gasteiger charge is -2.12. The molecule has 45 heavy (non-hydrogen) atoms. The van der Waals surface area contributed by atoms with Gasteiger partial charge in [-0.2, -0.15) is 0 Å². The summed E-state index contributed by atoms with van der Waals surface area (Å²) in [6.07, 6.45) is 0. The number of hydrogen-bond acceptors (Lipinski definition) is 2. The van der Waals surface area contributed by atoms with Gasteiger partial charge in [0, 0.05) is 56.8 Å². The van der Waals surface area contributed by atoms with Crippen LogP contribution in [0.4, 0.5) is 0 Å². The number of nitrogens with zero attached hydrogens (tertiary/aromatic N) is 1. The van der Waals surface area contributed by atoms with Gasteiger partial charge in [0.15, 0.2) is 0 Å². The number of fused-ring (bicyclic) bond motifs is 10. The van der Waals surface area contributed by atoms with Gasteiger partial charge in [-0.05, 0) is 64.7 Å². The molecule has 0 fully saturated rings. The van der Waals surface area contributed by atoms with Crippen molar-refractivity contribution in [2.75, 3.05) is 0 Å². The summed E-state index contributed by atoms with van der Waals surface area (Å²) in [5.41, 5.74) is 8.64. The second kappa shape index (κ2) is 9.64. The maximum Gasteiger partial charge on any atom is 0.0555 e. The monoisotopic (exact) mass is 607 g/mol.